The van der Waals surface area contributed by atoms with E-state index in [0.29, 0.717) is 10.9 Å². The maximum atomic E-state index is 12.9. The van der Waals surface area contributed by atoms with Crippen molar-refractivity contribution >= 4 is 17.7 Å². The van der Waals surface area contributed by atoms with E-state index in [0.717, 1.165) is 37.4 Å². The number of amides is 1. The molecule has 0 aliphatic carbocycles. The third-order valence-corrected chi connectivity index (χ3v) is 5.59. The summed E-state index contributed by atoms with van der Waals surface area (Å²) in [4.78, 5) is 19.8. The van der Waals surface area contributed by atoms with Gasteiger partial charge in [0.1, 0.15) is 17.1 Å². The van der Waals surface area contributed by atoms with Gasteiger partial charge in [0.05, 0.1) is 0 Å². The molecule has 0 saturated carbocycles. The first-order valence-corrected chi connectivity index (χ1v) is 8.91. The summed E-state index contributed by atoms with van der Waals surface area (Å²) in [5.74, 6) is 0.0924. The molecule has 1 aromatic carbocycles. The fourth-order valence-corrected chi connectivity index (χ4v) is 4.13. The van der Waals surface area contributed by atoms with Crippen molar-refractivity contribution in [2.45, 2.75) is 28.8 Å². The Morgan fingerprint density at radius 3 is 2.71 bits per heavy atom. The highest BCUT2D eigenvalue weighted by molar-refractivity contribution is 7.99. The molecule has 0 spiro atoms. The van der Waals surface area contributed by atoms with E-state index in [-0.39, 0.29) is 23.7 Å². The van der Waals surface area contributed by atoms with Crippen LogP contribution in [0.15, 0.2) is 44.9 Å². The van der Waals surface area contributed by atoms with Crippen LogP contribution in [0.2, 0.25) is 0 Å². The topological polar surface area (TPSA) is 58.4 Å². The number of piperidine rings is 3. The lowest BCUT2D eigenvalue weighted by Crippen LogP contribution is -2.57. The number of carbonyl (C=O) groups excluding carboxylic acids is 1. The summed E-state index contributed by atoms with van der Waals surface area (Å²) >= 11 is 1.33. The van der Waals surface area contributed by atoms with Crippen LogP contribution in [0.1, 0.15) is 23.5 Å². The van der Waals surface area contributed by atoms with Gasteiger partial charge >= 0.3 is 5.91 Å². The normalized spacial score (nSPS) is 25.6. The fourth-order valence-electron chi connectivity index (χ4n) is 3.39. The van der Waals surface area contributed by atoms with Crippen molar-refractivity contribution in [3.8, 4) is 0 Å². The minimum atomic E-state index is -0.280. The molecule has 3 aliphatic heterocycles. The average molecular weight is 347 g/mol. The van der Waals surface area contributed by atoms with Crippen LogP contribution in [0.25, 0.3) is 0 Å². The lowest BCUT2D eigenvalue weighted by atomic mass is 9.84. The Morgan fingerprint density at radius 1 is 1.29 bits per heavy atom. The Kier molecular flexibility index (Phi) is 4.28. The molecule has 5 rings (SSSR count). The smallest absolute Gasteiger partial charge is 0.307 e. The molecule has 5 nitrogen and oxygen atoms in total. The molecule has 0 unspecified atom stereocenters. The maximum Gasteiger partial charge on any atom is 0.307 e. The number of rotatable bonds is 4. The molecule has 1 N–H and O–H groups in total. The van der Waals surface area contributed by atoms with Gasteiger partial charge < -0.3 is 14.6 Å². The van der Waals surface area contributed by atoms with Crippen LogP contribution in [-0.4, -0.2) is 41.5 Å². The number of nitrogens with one attached hydrogen (secondary N) is 1. The summed E-state index contributed by atoms with van der Waals surface area (Å²) in [7, 11) is 0. The van der Waals surface area contributed by atoms with Gasteiger partial charge in [-0.25, -0.2) is 4.39 Å². The quantitative estimate of drug-likeness (QED) is 0.922. The minimum absolute atomic E-state index is 0.0797. The van der Waals surface area contributed by atoms with Gasteiger partial charge in [0.15, 0.2) is 0 Å². The first-order valence-electron chi connectivity index (χ1n) is 8.09. The molecule has 2 bridgehead atoms. The molecule has 3 fully saturated rings. The molecule has 126 valence electrons. The van der Waals surface area contributed by atoms with Crippen molar-refractivity contribution in [3.05, 3.63) is 42.2 Å². The number of carbonyl (C=O) groups is 1. The molecule has 1 atom stereocenters. The monoisotopic (exact) mass is 347 g/mol. The van der Waals surface area contributed by atoms with E-state index in [9.17, 15) is 9.18 Å². The fraction of sp³-hybridized carbons (Fsp3) is 0.412. The van der Waals surface area contributed by atoms with Gasteiger partial charge in [-0.05, 0) is 56.1 Å². The second-order valence-electron chi connectivity index (χ2n) is 6.26. The summed E-state index contributed by atoms with van der Waals surface area (Å²) < 4.78 is 18.2. The summed E-state index contributed by atoms with van der Waals surface area (Å²) in [6.07, 6.45) is 3.74. The van der Waals surface area contributed by atoms with Gasteiger partial charge in [-0.3, -0.25) is 4.79 Å². The van der Waals surface area contributed by atoms with Gasteiger partial charge in [0.25, 0.3) is 5.89 Å². The van der Waals surface area contributed by atoms with E-state index in [1.807, 2.05) is 0 Å². The van der Waals surface area contributed by atoms with E-state index in [1.165, 1.54) is 30.2 Å². The van der Waals surface area contributed by atoms with Crippen molar-refractivity contribution in [2.75, 3.05) is 19.6 Å². The van der Waals surface area contributed by atoms with Crippen LogP contribution in [0, 0.1) is 11.7 Å². The average Bonchev–Trinajstić information content (AvgIpc) is 3.07. The Balaban J connectivity index is 1.39. The summed E-state index contributed by atoms with van der Waals surface area (Å²) in [6, 6.07) is 6.30. The predicted molar refractivity (Wildman–Crippen MR) is 87.4 cm³/mol. The van der Waals surface area contributed by atoms with Gasteiger partial charge in [-0.15, -0.1) is 0 Å². The summed E-state index contributed by atoms with van der Waals surface area (Å²) in [6.45, 7) is 3.18. The highest BCUT2D eigenvalue weighted by Gasteiger charge is 2.35. The number of nitrogens with zero attached hydrogens (tertiary/aromatic N) is 2. The van der Waals surface area contributed by atoms with Gasteiger partial charge in [0, 0.05) is 17.5 Å². The Bertz CT molecular complexity index is 726. The molecule has 2 aromatic rings. The van der Waals surface area contributed by atoms with Crippen molar-refractivity contribution in [2.24, 2.45) is 5.92 Å². The molecule has 1 amide bonds. The van der Waals surface area contributed by atoms with Crippen molar-refractivity contribution in [1.29, 1.82) is 0 Å². The lowest BCUT2D eigenvalue weighted by Gasteiger charge is -2.44. The molecular formula is C17H18FN3O2S. The van der Waals surface area contributed by atoms with E-state index in [2.05, 4.69) is 15.2 Å². The van der Waals surface area contributed by atoms with Gasteiger partial charge in [-0.1, -0.05) is 11.8 Å². The highest BCUT2D eigenvalue weighted by atomic mass is 32.2. The molecule has 4 heterocycles. The zero-order valence-corrected chi connectivity index (χ0v) is 13.9. The number of halogens is 1. The highest BCUT2D eigenvalue weighted by Crippen LogP contribution is 2.29. The molecular weight excluding hydrogens is 329 g/mol. The predicted octanol–water partition coefficient (Wildman–Crippen LogP) is 2.79. The number of hydrogen-bond acceptors (Lipinski definition) is 5. The van der Waals surface area contributed by atoms with E-state index in [4.69, 9.17) is 4.42 Å². The van der Waals surface area contributed by atoms with Crippen molar-refractivity contribution in [3.63, 3.8) is 0 Å². The SMILES string of the molecule is O=C(N[C@H]1CN2CCC1CC2)c1nc(Sc2ccc(F)cc2)co1. The number of hydrogen-bond donors (Lipinski definition) is 1. The Hall–Kier alpha value is -1.86. The van der Waals surface area contributed by atoms with E-state index < -0.39 is 0 Å². The molecule has 3 saturated heterocycles. The van der Waals surface area contributed by atoms with Crippen LogP contribution in [0.3, 0.4) is 0 Å². The third kappa shape index (κ3) is 3.32. The van der Waals surface area contributed by atoms with Gasteiger partial charge in [0.2, 0.25) is 0 Å². The van der Waals surface area contributed by atoms with Gasteiger partial charge in [-0.2, -0.15) is 4.98 Å². The standard InChI is InChI=1S/C17H18FN3O2S/c18-12-1-3-13(4-2-12)24-15-10-23-17(20-15)16(22)19-14-9-21-7-5-11(14)6-8-21/h1-4,10-11,14H,5-9H2,(H,19,22)/t14-/m0/s1. The minimum Gasteiger partial charge on any atom is -0.440 e. The molecule has 1 aromatic heterocycles. The lowest BCUT2D eigenvalue weighted by molar-refractivity contribution is 0.0602. The van der Waals surface area contributed by atoms with Crippen molar-refractivity contribution < 1.29 is 13.6 Å². The number of aromatic nitrogens is 1. The second kappa shape index (κ2) is 6.57. The first kappa shape index (κ1) is 15.7. The zero-order chi connectivity index (χ0) is 16.5. The van der Waals surface area contributed by atoms with E-state index >= 15 is 0 Å². The zero-order valence-electron chi connectivity index (χ0n) is 13.1. The Labute approximate surface area is 143 Å². The van der Waals surface area contributed by atoms with Crippen molar-refractivity contribution in [1.82, 2.24) is 15.2 Å². The molecule has 7 heteroatoms. The largest absolute Gasteiger partial charge is 0.440 e. The molecule has 3 aliphatic rings. The summed E-state index contributed by atoms with van der Waals surface area (Å²) in [5.41, 5.74) is 0. The summed E-state index contributed by atoms with van der Waals surface area (Å²) in [5, 5.41) is 3.64. The number of fused-ring (bicyclic) bond motifs is 3. The number of benzene rings is 1. The van der Waals surface area contributed by atoms with Crippen LogP contribution in [0.5, 0.6) is 0 Å². The van der Waals surface area contributed by atoms with Crippen LogP contribution in [0.4, 0.5) is 4.39 Å². The van der Waals surface area contributed by atoms with Crippen LogP contribution >= 0.6 is 11.8 Å². The molecule has 24 heavy (non-hydrogen) atoms. The Morgan fingerprint density at radius 2 is 2.04 bits per heavy atom. The second-order valence-corrected chi connectivity index (χ2v) is 7.36. The van der Waals surface area contributed by atoms with Crippen LogP contribution < -0.4 is 5.32 Å². The molecule has 0 radical (unpaired) electrons. The number of oxazole rings is 1. The third-order valence-electron chi connectivity index (χ3n) is 4.69. The van der Waals surface area contributed by atoms with Crippen LogP contribution in [-0.2, 0) is 0 Å². The maximum absolute atomic E-state index is 12.9. The van der Waals surface area contributed by atoms with E-state index in [1.54, 1.807) is 12.1 Å². The first-order chi connectivity index (χ1) is 11.7.